The Bertz CT molecular complexity index is 692. The third-order valence-electron chi connectivity index (χ3n) is 4.50. The van der Waals surface area contributed by atoms with Gasteiger partial charge in [0.15, 0.2) is 0 Å². The summed E-state index contributed by atoms with van der Waals surface area (Å²) in [6.07, 6.45) is 3.33. The van der Waals surface area contributed by atoms with Crippen LogP contribution in [-0.4, -0.2) is 32.7 Å². The minimum atomic E-state index is 0.0767. The van der Waals surface area contributed by atoms with E-state index in [2.05, 4.69) is 18.9 Å². The summed E-state index contributed by atoms with van der Waals surface area (Å²) in [4.78, 5) is 16.6. The van der Waals surface area contributed by atoms with Crippen molar-refractivity contribution < 1.29 is 4.79 Å². The van der Waals surface area contributed by atoms with Crippen molar-refractivity contribution in [2.75, 3.05) is 5.73 Å². The zero-order valence-corrected chi connectivity index (χ0v) is 13.8. The van der Waals surface area contributed by atoms with E-state index >= 15 is 0 Å². The molecule has 0 aromatic carbocycles. The molecule has 1 fully saturated rings. The van der Waals surface area contributed by atoms with Crippen LogP contribution in [-0.2, 0) is 7.05 Å². The highest BCUT2D eigenvalue weighted by atomic mass is 32.1. The number of anilines is 1. The molecule has 2 aromatic rings. The van der Waals surface area contributed by atoms with Gasteiger partial charge in [-0.1, -0.05) is 0 Å². The summed E-state index contributed by atoms with van der Waals surface area (Å²) < 4.78 is 1.81. The van der Waals surface area contributed by atoms with E-state index < -0.39 is 0 Å². The fourth-order valence-corrected chi connectivity index (χ4v) is 4.56. The molecule has 6 heteroatoms. The second-order valence-corrected chi connectivity index (χ2v) is 7.07. The Kier molecular flexibility index (Phi) is 3.43. The van der Waals surface area contributed by atoms with Crippen molar-refractivity contribution in [2.45, 2.75) is 52.1 Å². The van der Waals surface area contributed by atoms with E-state index in [9.17, 15) is 4.79 Å². The van der Waals surface area contributed by atoms with Crippen molar-refractivity contribution in [3.63, 3.8) is 0 Å². The molecule has 0 radical (unpaired) electrons. The number of nitrogen functional groups attached to an aromatic ring is 1. The molecular weight excluding hydrogens is 284 g/mol. The molecule has 1 amide bonds. The number of nitrogens with zero attached hydrogens (tertiary/aromatic N) is 3. The van der Waals surface area contributed by atoms with Crippen molar-refractivity contribution >= 4 is 33.1 Å². The normalized spacial score (nSPS) is 23.0. The summed E-state index contributed by atoms with van der Waals surface area (Å²) in [7, 11) is 1.89. The Hall–Kier alpha value is -1.56. The average Bonchev–Trinajstić information content (AvgIpc) is 2.89. The van der Waals surface area contributed by atoms with Crippen LogP contribution in [0.1, 0.15) is 48.5 Å². The lowest BCUT2D eigenvalue weighted by Crippen LogP contribution is -2.47. The van der Waals surface area contributed by atoms with Crippen LogP contribution in [0.25, 0.3) is 10.2 Å². The summed E-state index contributed by atoms with van der Waals surface area (Å²) in [5.74, 6) is 0.0767. The lowest BCUT2D eigenvalue weighted by atomic mass is 9.97. The van der Waals surface area contributed by atoms with Crippen LogP contribution in [0.15, 0.2) is 0 Å². The van der Waals surface area contributed by atoms with E-state index in [1.807, 2.05) is 23.6 Å². The topological polar surface area (TPSA) is 64.2 Å². The number of carbonyl (C=O) groups excluding carboxylic acids is 1. The predicted molar refractivity (Wildman–Crippen MR) is 86.7 cm³/mol. The molecule has 1 aliphatic heterocycles. The standard InChI is InChI=1S/C15H22N4OS/c1-8-6-5-7-9(2)19(8)14(20)13-12(16)11-10(3)17-18(4)15(11)21-13/h8-9H,5-7,16H2,1-4H3. The number of nitrogens with two attached hydrogens (primary N) is 1. The summed E-state index contributed by atoms with van der Waals surface area (Å²) in [5, 5.41) is 5.31. The molecule has 5 nitrogen and oxygen atoms in total. The number of thiophene rings is 1. The summed E-state index contributed by atoms with van der Waals surface area (Å²) in [5.41, 5.74) is 7.74. The van der Waals surface area contributed by atoms with Gasteiger partial charge in [-0.3, -0.25) is 9.48 Å². The first-order valence-electron chi connectivity index (χ1n) is 7.46. The van der Waals surface area contributed by atoms with Gasteiger partial charge in [0, 0.05) is 19.1 Å². The molecule has 0 spiro atoms. The molecule has 0 bridgehead atoms. The second-order valence-electron chi connectivity index (χ2n) is 6.08. The Morgan fingerprint density at radius 3 is 2.52 bits per heavy atom. The number of rotatable bonds is 1. The summed E-state index contributed by atoms with van der Waals surface area (Å²) in [6.45, 7) is 6.19. The molecule has 2 aromatic heterocycles. The Balaban J connectivity index is 2.05. The van der Waals surface area contributed by atoms with Crippen LogP contribution in [0.3, 0.4) is 0 Å². The van der Waals surface area contributed by atoms with E-state index in [0.29, 0.717) is 10.6 Å². The fraction of sp³-hybridized carbons (Fsp3) is 0.600. The second kappa shape index (κ2) is 5.02. The highest BCUT2D eigenvalue weighted by Crippen LogP contribution is 2.37. The molecule has 3 rings (SSSR count). The number of likely N-dealkylation sites (tertiary alicyclic amines) is 1. The maximum atomic E-state index is 13.0. The molecule has 1 aliphatic rings. The smallest absolute Gasteiger partial charge is 0.266 e. The lowest BCUT2D eigenvalue weighted by Gasteiger charge is -2.38. The zero-order valence-electron chi connectivity index (χ0n) is 13.0. The van der Waals surface area contributed by atoms with Crippen molar-refractivity contribution in [2.24, 2.45) is 7.05 Å². The number of aromatic nitrogens is 2. The van der Waals surface area contributed by atoms with Gasteiger partial charge >= 0.3 is 0 Å². The van der Waals surface area contributed by atoms with E-state index in [0.717, 1.165) is 28.8 Å². The highest BCUT2D eigenvalue weighted by molar-refractivity contribution is 7.21. The number of hydrogen-bond donors (Lipinski definition) is 1. The first-order valence-corrected chi connectivity index (χ1v) is 8.27. The van der Waals surface area contributed by atoms with E-state index in [1.54, 1.807) is 0 Å². The van der Waals surface area contributed by atoms with Crippen LogP contribution in [0.2, 0.25) is 0 Å². The first kappa shape index (κ1) is 14.4. The van der Waals surface area contributed by atoms with Gasteiger partial charge in [-0.25, -0.2) is 0 Å². The SMILES string of the molecule is Cc1nn(C)c2sc(C(=O)N3C(C)CCCC3C)c(N)c12. The van der Waals surface area contributed by atoms with Crippen molar-refractivity contribution in [1.29, 1.82) is 0 Å². The number of amides is 1. The first-order chi connectivity index (χ1) is 9.91. The fourth-order valence-electron chi connectivity index (χ4n) is 3.43. The van der Waals surface area contributed by atoms with Gasteiger partial charge in [0.05, 0.1) is 16.8 Å². The van der Waals surface area contributed by atoms with Crippen molar-refractivity contribution in [3.8, 4) is 0 Å². The van der Waals surface area contributed by atoms with Crippen molar-refractivity contribution in [3.05, 3.63) is 10.6 Å². The molecule has 2 atom stereocenters. The maximum absolute atomic E-state index is 13.0. The molecule has 3 heterocycles. The quantitative estimate of drug-likeness (QED) is 0.881. The molecule has 21 heavy (non-hydrogen) atoms. The van der Waals surface area contributed by atoms with Gasteiger partial charge in [0.1, 0.15) is 9.71 Å². The Labute approximate surface area is 128 Å². The Morgan fingerprint density at radius 2 is 1.95 bits per heavy atom. The number of aryl methyl sites for hydroxylation is 2. The van der Waals surface area contributed by atoms with E-state index in [4.69, 9.17) is 5.73 Å². The van der Waals surface area contributed by atoms with Gasteiger partial charge in [-0.05, 0) is 40.0 Å². The number of hydrogen-bond acceptors (Lipinski definition) is 4. The largest absolute Gasteiger partial charge is 0.397 e. The number of piperidine rings is 1. The lowest BCUT2D eigenvalue weighted by molar-refractivity contribution is 0.0517. The zero-order chi connectivity index (χ0) is 15.3. The van der Waals surface area contributed by atoms with Crippen LogP contribution < -0.4 is 5.73 Å². The average molecular weight is 306 g/mol. The molecule has 0 saturated carbocycles. The van der Waals surface area contributed by atoms with Gasteiger partial charge < -0.3 is 10.6 Å². The molecule has 114 valence electrons. The molecular formula is C15H22N4OS. The molecule has 2 N–H and O–H groups in total. The monoisotopic (exact) mass is 306 g/mol. The van der Waals surface area contributed by atoms with Gasteiger partial charge in [0.2, 0.25) is 0 Å². The van der Waals surface area contributed by atoms with Gasteiger partial charge in [-0.15, -0.1) is 11.3 Å². The van der Waals surface area contributed by atoms with Crippen LogP contribution in [0.5, 0.6) is 0 Å². The Morgan fingerprint density at radius 1 is 1.33 bits per heavy atom. The number of carbonyl (C=O) groups is 1. The van der Waals surface area contributed by atoms with E-state index in [1.165, 1.54) is 17.8 Å². The van der Waals surface area contributed by atoms with E-state index in [-0.39, 0.29) is 18.0 Å². The maximum Gasteiger partial charge on any atom is 0.266 e. The molecule has 2 unspecified atom stereocenters. The summed E-state index contributed by atoms with van der Waals surface area (Å²) >= 11 is 1.46. The van der Waals surface area contributed by atoms with Gasteiger partial charge in [0.25, 0.3) is 5.91 Å². The van der Waals surface area contributed by atoms with Crippen LogP contribution >= 0.6 is 11.3 Å². The molecule has 1 saturated heterocycles. The van der Waals surface area contributed by atoms with Crippen LogP contribution in [0.4, 0.5) is 5.69 Å². The minimum Gasteiger partial charge on any atom is -0.397 e. The minimum absolute atomic E-state index is 0.0767. The van der Waals surface area contributed by atoms with Gasteiger partial charge in [-0.2, -0.15) is 5.10 Å². The third-order valence-corrected chi connectivity index (χ3v) is 5.76. The third kappa shape index (κ3) is 2.12. The summed E-state index contributed by atoms with van der Waals surface area (Å²) in [6, 6.07) is 0.565. The predicted octanol–water partition coefficient (Wildman–Crippen LogP) is 2.93. The van der Waals surface area contributed by atoms with Crippen molar-refractivity contribution in [1.82, 2.24) is 14.7 Å². The highest BCUT2D eigenvalue weighted by Gasteiger charge is 2.32. The number of fused-ring (bicyclic) bond motifs is 1. The molecule has 0 aliphatic carbocycles. The van der Waals surface area contributed by atoms with Crippen LogP contribution in [0, 0.1) is 6.92 Å².